The molecule has 0 bridgehead atoms. The van der Waals surface area contributed by atoms with Crippen LogP contribution >= 0.6 is 11.3 Å². The van der Waals surface area contributed by atoms with Crippen molar-refractivity contribution in [3.63, 3.8) is 0 Å². The molecule has 0 amide bonds. The molecule has 7 nitrogen and oxygen atoms in total. The first-order chi connectivity index (χ1) is 16.5. The van der Waals surface area contributed by atoms with E-state index in [1.165, 1.54) is 11.1 Å². The molecule has 0 aliphatic heterocycles. The van der Waals surface area contributed by atoms with Gasteiger partial charge < -0.3 is 11.1 Å². The van der Waals surface area contributed by atoms with Gasteiger partial charge in [-0.05, 0) is 55.5 Å². The van der Waals surface area contributed by atoms with Crippen LogP contribution < -0.4 is 11.1 Å². The molecule has 3 heterocycles. The van der Waals surface area contributed by atoms with Gasteiger partial charge in [-0.2, -0.15) is 0 Å². The molecular formula is C26H25N7S. The van der Waals surface area contributed by atoms with Crippen molar-refractivity contribution in [3.8, 4) is 11.3 Å². The van der Waals surface area contributed by atoms with Gasteiger partial charge in [0, 0.05) is 30.1 Å². The summed E-state index contributed by atoms with van der Waals surface area (Å²) < 4.78 is 1.15. The molecule has 5 rings (SSSR count). The fourth-order valence-corrected chi connectivity index (χ4v) is 4.63. The third kappa shape index (κ3) is 5.02. The summed E-state index contributed by atoms with van der Waals surface area (Å²) in [5, 5.41) is 3.55. The third-order valence-corrected chi connectivity index (χ3v) is 6.50. The smallest absolute Gasteiger partial charge is 0.219 e. The lowest BCUT2D eigenvalue weighted by Crippen LogP contribution is -2.09. The van der Waals surface area contributed by atoms with E-state index in [1.54, 1.807) is 23.7 Å². The average molecular weight is 468 g/mol. The zero-order valence-corrected chi connectivity index (χ0v) is 19.9. The zero-order valence-electron chi connectivity index (χ0n) is 19.1. The Bertz CT molecular complexity index is 1430. The number of benzene rings is 2. The Morgan fingerprint density at radius 3 is 2.62 bits per heavy atom. The van der Waals surface area contributed by atoms with E-state index in [0.717, 1.165) is 51.5 Å². The maximum atomic E-state index is 5.58. The van der Waals surface area contributed by atoms with Crippen LogP contribution in [0.4, 0.5) is 11.8 Å². The second kappa shape index (κ2) is 9.52. The fraction of sp³-hybridized carbons (Fsp3) is 0.192. The number of thiazole rings is 1. The van der Waals surface area contributed by atoms with Gasteiger partial charge in [-0.3, -0.25) is 0 Å². The first-order valence-corrected chi connectivity index (χ1v) is 12.0. The van der Waals surface area contributed by atoms with Gasteiger partial charge in [0.15, 0.2) is 0 Å². The molecule has 0 unspecified atom stereocenters. The van der Waals surface area contributed by atoms with Crippen LogP contribution in [0.5, 0.6) is 0 Å². The Morgan fingerprint density at radius 2 is 1.76 bits per heavy atom. The quantitative estimate of drug-likeness (QED) is 0.331. The Labute approximate surface area is 202 Å². The zero-order chi connectivity index (χ0) is 23.5. The fourth-order valence-electron chi connectivity index (χ4n) is 3.91. The molecule has 0 aliphatic carbocycles. The Balaban J connectivity index is 1.31. The van der Waals surface area contributed by atoms with E-state index in [2.05, 4.69) is 73.6 Å². The molecule has 5 aromatic rings. The van der Waals surface area contributed by atoms with Crippen LogP contribution in [-0.2, 0) is 12.8 Å². The normalized spacial score (nSPS) is 12.1. The summed E-state index contributed by atoms with van der Waals surface area (Å²) in [7, 11) is 0. The predicted molar refractivity (Wildman–Crippen MR) is 138 cm³/mol. The number of fused-ring (bicyclic) bond motifs is 1. The minimum atomic E-state index is 0.0888. The minimum absolute atomic E-state index is 0.0888. The number of anilines is 2. The minimum Gasteiger partial charge on any atom is -0.368 e. The van der Waals surface area contributed by atoms with Gasteiger partial charge in [-0.25, -0.2) is 24.9 Å². The molecule has 34 heavy (non-hydrogen) atoms. The largest absolute Gasteiger partial charge is 0.368 e. The molecule has 170 valence electrons. The highest BCUT2D eigenvalue weighted by atomic mass is 32.1. The van der Waals surface area contributed by atoms with Gasteiger partial charge in [0.05, 0.1) is 21.4 Å². The lowest BCUT2D eigenvalue weighted by Gasteiger charge is -2.17. The van der Waals surface area contributed by atoms with Gasteiger partial charge in [0.25, 0.3) is 0 Å². The van der Waals surface area contributed by atoms with Gasteiger partial charge in [-0.15, -0.1) is 11.3 Å². The number of aryl methyl sites for hydroxylation is 3. The number of aromatic nitrogens is 5. The Kier molecular flexibility index (Phi) is 6.14. The highest BCUT2D eigenvalue weighted by Gasteiger charge is 2.11. The summed E-state index contributed by atoms with van der Waals surface area (Å²) in [5.74, 6) is 1.85. The molecule has 3 N–H and O–H groups in total. The number of rotatable bonds is 7. The van der Waals surface area contributed by atoms with Crippen LogP contribution in [0, 0.1) is 6.92 Å². The third-order valence-electron chi connectivity index (χ3n) is 5.71. The van der Waals surface area contributed by atoms with Crippen molar-refractivity contribution in [1.29, 1.82) is 0 Å². The lowest BCUT2D eigenvalue weighted by atomic mass is 10.0. The maximum absolute atomic E-state index is 5.58. The molecular weight excluding hydrogens is 442 g/mol. The number of nitrogens with zero attached hydrogens (tertiary/aromatic N) is 5. The number of hydrogen-bond donors (Lipinski definition) is 2. The van der Waals surface area contributed by atoms with E-state index >= 15 is 0 Å². The molecule has 0 fully saturated rings. The number of nitrogens with one attached hydrogen (secondary N) is 1. The van der Waals surface area contributed by atoms with Crippen molar-refractivity contribution in [1.82, 2.24) is 24.9 Å². The maximum Gasteiger partial charge on any atom is 0.219 e. The number of hydrogen-bond acceptors (Lipinski definition) is 8. The average Bonchev–Trinajstić information content (AvgIpc) is 3.31. The van der Waals surface area contributed by atoms with Crippen molar-refractivity contribution in [3.05, 3.63) is 88.9 Å². The van der Waals surface area contributed by atoms with Crippen molar-refractivity contribution in [2.24, 2.45) is 0 Å². The molecule has 0 spiro atoms. The second-order valence-electron chi connectivity index (χ2n) is 8.28. The van der Waals surface area contributed by atoms with E-state index in [1.807, 2.05) is 24.6 Å². The van der Waals surface area contributed by atoms with E-state index in [0.29, 0.717) is 5.95 Å². The highest BCUT2D eigenvalue weighted by molar-refractivity contribution is 7.16. The first kappa shape index (κ1) is 21.9. The van der Waals surface area contributed by atoms with Gasteiger partial charge in [0.1, 0.15) is 11.6 Å². The van der Waals surface area contributed by atoms with E-state index in [9.17, 15) is 0 Å². The van der Waals surface area contributed by atoms with Crippen LogP contribution in [0.3, 0.4) is 0 Å². The van der Waals surface area contributed by atoms with Crippen molar-refractivity contribution in [2.75, 3.05) is 11.1 Å². The van der Waals surface area contributed by atoms with Crippen molar-refractivity contribution < 1.29 is 0 Å². The second-order valence-corrected chi connectivity index (χ2v) is 9.17. The molecule has 0 aliphatic rings. The van der Waals surface area contributed by atoms with E-state index in [4.69, 9.17) is 5.73 Å². The Morgan fingerprint density at radius 1 is 0.941 bits per heavy atom. The van der Waals surface area contributed by atoms with Gasteiger partial charge in [0.2, 0.25) is 5.95 Å². The van der Waals surface area contributed by atoms with Gasteiger partial charge in [-0.1, -0.05) is 30.3 Å². The lowest BCUT2D eigenvalue weighted by molar-refractivity contribution is 0.858. The highest BCUT2D eigenvalue weighted by Crippen LogP contribution is 2.27. The summed E-state index contributed by atoms with van der Waals surface area (Å²) in [6.45, 7) is 4.07. The van der Waals surface area contributed by atoms with Crippen molar-refractivity contribution in [2.45, 2.75) is 32.7 Å². The van der Waals surface area contributed by atoms with Gasteiger partial charge >= 0.3 is 0 Å². The summed E-state index contributed by atoms with van der Waals surface area (Å²) >= 11 is 1.63. The molecule has 3 aromatic heterocycles. The van der Waals surface area contributed by atoms with E-state index < -0.39 is 0 Å². The number of nitrogens with two attached hydrogens (primary N) is 1. The molecule has 1 atom stereocenters. The molecule has 2 aromatic carbocycles. The van der Waals surface area contributed by atoms with Crippen LogP contribution in [0.15, 0.2) is 66.4 Å². The molecule has 0 radical (unpaired) electrons. The standard InChI is InChI=1S/C26H25N7S/c1-16(20-5-3-4-18(10-20)6-7-19-13-28-26(27)29-14-19)31-25-12-23(32-17(2)33-25)21-8-9-22-24(11-21)34-15-30-22/h3-5,8-16H,6-7H2,1-2H3,(H2,27,28,29)(H,31,32,33)/t16-/m0/s1. The number of nitrogen functional groups attached to an aromatic ring is 1. The van der Waals surface area contributed by atoms with Crippen LogP contribution in [0.1, 0.15) is 35.5 Å². The van der Waals surface area contributed by atoms with E-state index in [-0.39, 0.29) is 6.04 Å². The monoisotopic (exact) mass is 467 g/mol. The summed E-state index contributed by atoms with van der Waals surface area (Å²) in [6, 6.07) is 17.0. The van der Waals surface area contributed by atoms with Crippen LogP contribution in [0.25, 0.3) is 21.5 Å². The van der Waals surface area contributed by atoms with Crippen LogP contribution in [-0.4, -0.2) is 24.9 Å². The molecule has 8 heteroatoms. The topological polar surface area (TPSA) is 102 Å². The van der Waals surface area contributed by atoms with Crippen molar-refractivity contribution >= 4 is 33.3 Å². The summed E-state index contributed by atoms with van der Waals surface area (Å²) in [6.07, 6.45) is 5.35. The summed E-state index contributed by atoms with van der Waals surface area (Å²) in [5.41, 5.74) is 14.0. The predicted octanol–water partition coefficient (Wildman–Crippen LogP) is 5.39. The van der Waals surface area contributed by atoms with Crippen LogP contribution in [0.2, 0.25) is 0 Å². The SMILES string of the molecule is Cc1nc(N[C@@H](C)c2cccc(CCc3cnc(N)nc3)c2)cc(-c2ccc3ncsc3c2)n1. The Hall–Kier alpha value is -3.91. The first-order valence-electron chi connectivity index (χ1n) is 11.1. The molecule has 0 saturated heterocycles. The molecule has 0 saturated carbocycles. The summed E-state index contributed by atoms with van der Waals surface area (Å²) in [4.78, 5) is 21.8.